The van der Waals surface area contributed by atoms with Gasteiger partial charge in [0.05, 0.1) is 0 Å². The summed E-state index contributed by atoms with van der Waals surface area (Å²) in [5.41, 5.74) is 5.59. The topological polar surface area (TPSA) is 43.1 Å². The zero-order valence-corrected chi connectivity index (χ0v) is 11.4. The summed E-state index contributed by atoms with van der Waals surface area (Å²) >= 11 is 0. The second-order valence-corrected chi connectivity index (χ2v) is 5.55. The molecule has 0 radical (unpaired) electrons. The minimum absolute atomic E-state index is 0.382. The van der Waals surface area contributed by atoms with Crippen LogP contribution in [0.5, 0.6) is 0 Å². The fraction of sp³-hybridized carbons (Fsp3) is 0.933. The lowest BCUT2D eigenvalue weighted by Crippen LogP contribution is -2.16. The lowest BCUT2D eigenvalue weighted by atomic mass is 9.89. The SMILES string of the molecule is CCC(CCN)CCC(=O)C1CCCCCC1. The first-order valence-electron chi connectivity index (χ1n) is 7.50. The van der Waals surface area contributed by atoms with Crippen molar-refractivity contribution >= 4 is 5.78 Å². The zero-order chi connectivity index (χ0) is 12.5. The normalized spacial score (nSPS) is 19.9. The van der Waals surface area contributed by atoms with Crippen LogP contribution in [0.4, 0.5) is 0 Å². The van der Waals surface area contributed by atoms with Crippen molar-refractivity contribution in [2.45, 2.75) is 71.1 Å². The van der Waals surface area contributed by atoms with E-state index >= 15 is 0 Å². The van der Waals surface area contributed by atoms with Gasteiger partial charge in [-0.3, -0.25) is 4.79 Å². The summed E-state index contributed by atoms with van der Waals surface area (Å²) in [7, 11) is 0. The number of Topliss-reactive ketones (excluding diaryl/α,β-unsaturated/α-hetero) is 1. The predicted molar refractivity (Wildman–Crippen MR) is 72.9 cm³/mol. The highest BCUT2D eigenvalue weighted by atomic mass is 16.1. The van der Waals surface area contributed by atoms with Crippen molar-refractivity contribution in [1.29, 1.82) is 0 Å². The predicted octanol–water partition coefficient (Wildman–Crippen LogP) is 3.68. The van der Waals surface area contributed by atoms with Crippen LogP contribution < -0.4 is 5.73 Å². The largest absolute Gasteiger partial charge is 0.330 e. The minimum atomic E-state index is 0.382. The van der Waals surface area contributed by atoms with Gasteiger partial charge in [-0.25, -0.2) is 0 Å². The molecule has 2 heteroatoms. The first-order chi connectivity index (χ1) is 8.27. The fourth-order valence-electron chi connectivity index (χ4n) is 2.94. The van der Waals surface area contributed by atoms with Crippen molar-refractivity contribution in [2.24, 2.45) is 17.6 Å². The van der Waals surface area contributed by atoms with Crippen LogP contribution in [-0.2, 0) is 4.79 Å². The van der Waals surface area contributed by atoms with E-state index in [1.165, 1.54) is 25.7 Å². The third-order valence-corrected chi connectivity index (χ3v) is 4.26. The van der Waals surface area contributed by atoms with Gasteiger partial charge in [-0.1, -0.05) is 39.0 Å². The maximum Gasteiger partial charge on any atom is 0.135 e. The number of ketones is 1. The van der Waals surface area contributed by atoms with E-state index in [2.05, 4.69) is 6.92 Å². The third-order valence-electron chi connectivity index (χ3n) is 4.26. The van der Waals surface area contributed by atoms with Gasteiger partial charge in [-0.15, -0.1) is 0 Å². The molecule has 1 aliphatic carbocycles. The molecule has 0 spiro atoms. The summed E-state index contributed by atoms with van der Waals surface area (Å²) in [6.45, 7) is 2.96. The minimum Gasteiger partial charge on any atom is -0.330 e. The molecule has 0 aliphatic heterocycles. The van der Waals surface area contributed by atoms with Crippen LogP contribution in [0, 0.1) is 11.8 Å². The van der Waals surface area contributed by atoms with Crippen molar-refractivity contribution in [3.05, 3.63) is 0 Å². The summed E-state index contributed by atoms with van der Waals surface area (Å²) < 4.78 is 0. The summed E-state index contributed by atoms with van der Waals surface area (Å²) in [5, 5.41) is 0. The molecule has 0 saturated heterocycles. The van der Waals surface area contributed by atoms with Crippen LogP contribution in [0.3, 0.4) is 0 Å². The van der Waals surface area contributed by atoms with Gasteiger partial charge in [0.25, 0.3) is 0 Å². The highest BCUT2D eigenvalue weighted by molar-refractivity contribution is 5.80. The van der Waals surface area contributed by atoms with Crippen LogP contribution in [0.15, 0.2) is 0 Å². The van der Waals surface area contributed by atoms with Crippen molar-refractivity contribution in [3.8, 4) is 0 Å². The summed E-state index contributed by atoms with van der Waals surface area (Å²) in [6.07, 6.45) is 11.6. The van der Waals surface area contributed by atoms with Crippen molar-refractivity contribution in [3.63, 3.8) is 0 Å². The Kier molecular flexibility index (Phi) is 7.50. The molecular formula is C15H29NO. The quantitative estimate of drug-likeness (QED) is 0.689. The molecule has 1 atom stereocenters. The molecular weight excluding hydrogens is 210 g/mol. The average Bonchev–Trinajstić information content (AvgIpc) is 2.62. The molecule has 1 rings (SSSR count). The number of rotatable bonds is 7. The van der Waals surface area contributed by atoms with Crippen molar-refractivity contribution < 1.29 is 4.79 Å². The van der Waals surface area contributed by atoms with E-state index in [0.29, 0.717) is 17.6 Å². The molecule has 1 aliphatic rings. The Hall–Kier alpha value is -0.370. The van der Waals surface area contributed by atoms with E-state index in [1.54, 1.807) is 0 Å². The highest BCUT2D eigenvalue weighted by Gasteiger charge is 2.20. The Morgan fingerprint density at radius 1 is 1.18 bits per heavy atom. The summed E-state index contributed by atoms with van der Waals surface area (Å²) in [4.78, 5) is 12.1. The van der Waals surface area contributed by atoms with Gasteiger partial charge in [0.15, 0.2) is 0 Å². The lowest BCUT2D eigenvalue weighted by molar-refractivity contribution is -0.123. The van der Waals surface area contributed by atoms with Gasteiger partial charge in [-0.05, 0) is 38.1 Å². The Morgan fingerprint density at radius 2 is 1.82 bits per heavy atom. The second kappa shape index (κ2) is 8.68. The molecule has 100 valence electrons. The molecule has 2 N–H and O–H groups in total. The smallest absolute Gasteiger partial charge is 0.135 e. The third kappa shape index (κ3) is 5.67. The number of carbonyl (C=O) groups is 1. The number of hydrogen-bond acceptors (Lipinski definition) is 2. The molecule has 0 bridgehead atoms. The van der Waals surface area contributed by atoms with Gasteiger partial charge < -0.3 is 5.73 Å². The maximum absolute atomic E-state index is 12.1. The molecule has 0 aromatic rings. The molecule has 1 saturated carbocycles. The molecule has 0 aromatic heterocycles. The van der Waals surface area contributed by atoms with Crippen molar-refractivity contribution in [2.75, 3.05) is 6.54 Å². The molecule has 1 unspecified atom stereocenters. The van der Waals surface area contributed by atoms with E-state index in [1.807, 2.05) is 0 Å². The van der Waals surface area contributed by atoms with E-state index in [9.17, 15) is 4.79 Å². The number of hydrogen-bond donors (Lipinski definition) is 1. The van der Waals surface area contributed by atoms with E-state index in [4.69, 9.17) is 5.73 Å². The lowest BCUT2D eigenvalue weighted by Gasteiger charge is -2.16. The van der Waals surface area contributed by atoms with Gasteiger partial charge >= 0.3 is 0 Å². The van der Waals surface area contributed by atoms with E-state index in [-0.39, 0.29) is 0 Å². The first-order valence-corrected chi connectivity index (χ1v) is 7.50. The summed E-state index contributed by atoms with van der Waals surface area (Å²) in [6, 6.07) is 0. The van der Waals surface area contributed by atoms with Gasteiger partial charge in [0.2, 0.25) is 0 Å². The molecule has 2 nitrogen and oxygen atoms in total. The Labute approximate surface area is 106 Å². The monoisotopic (exact) mass is 239 g/mol. The van der Waals surface area contributed by atoms with Crippen LogP contribution in [0.25, 0.3) is 0 Å². The second-order valence-electron chi connectivity index (χ2n) is 5.55. The number of nitrogens with two attached hydrogens (primary N) is 1. The Balaban J connectivity index is 2.26. The van der Waals surface area contributed by atoms with Crippen molar-refractivity contribution in [1.82, 2.24) is 0 Å². The Bertz CT molecular complexity index is 207. The standard InChI is InChI=1S/C15H29NO/c1-2-13(11-12-16)9-10-15(17)14-7-5-3-4-6-8-14/h13-14H,2-12,16H2,1H3. The van der Waals surface area contributed by atoms with Gasteiger partial charge in [0, 0.05) is 12.3 Å². The van der Waals surface area contributed by atoms with Crippen LogP contribution in [0.1, 0.15) is 71.1 Å². The fourth-order valence-corrected chi connectivity index (χ4v) is 2.94. The Morgan fingerprint density at radius 3 is 2.35 bits per heavy atom. The molecule has 1 fully saturated rings. The number of carbonyl (C=O) groups excluding carboxylic acids is 1. The maximum atomic E-state index is 12.1. The molecule has 0 amide bonds. The first kappa shape index (κ1) is 14.7. The van der Waals surface area contributed by atoms with Crippen LogP contribution in [-0.4, -0.2) is 12.3 Å². The average molecular weight is 239 g/mol. The van der Waals surface area contributed by atoms with Crippen LogP contribution >= 0.6 is 0 Å². The van der Waals surface area contributed by atoms with Gasteiger partial charge in [0.1, 0.15) is 5.78 Å². The van der Waals surface area contributed by atoms with Gasteiger partial charge in [-0.2, -0.15) is 0 Å². The molecule has 17 heavy (non-hydrogen) atoms. The van der Waals surface area contributed by atoms with Crippen LogP contribution in [0.2, 0.25) is 0 Å². The van der Waals surface area contributed by atoms with E-state index in [0.717, 1.165) is 45.1 Å². The molecule has 0 heterocycles. The molecule has 0 aromatic carbocycles. The highest BCUT2D eigenvalue weighted by Crippen LogP contribution is 2.26. The zero-order valence-electron chi connectivity index (χ0n) is 11.4. The van der Waals surface area contributed by atoms with E-state index < -0.39 is 0 Å². The summed E-state index contributed by atoms with van der Waals surface area (Å²) in [5.74, 6) is 1.57.